The van der Waals surface area contributed by atoms with Gasteiger partial charge in [0.25, 0.3) is 5.69 Å². The lowest BCUT2D eigenvalue weighted by Crippen LogP contribution is -2.48. The molecule has 27 heavy (non-hydrogen) atoms. The van der Waals surface area contributed by atoms with Gasteiger partial charge in [-0.3, -0.25) is 14.9 Å². The molecule has 2 aromatic carbocycles. The Labute approximate surface area is 169 Å². The number of halogens is 2. The molecule has 0 radical (unpaired) electrons. The Morgan fingerprint density at radius 2 is 2.04 bits per heavy atom. The quantitative estimate of drug-likeness (QED) is 0.602. The maximum atomic E-state index is 12.8. The predicted molar refractivity (Wildman–Crippen MR) is 107 cm³/mol. The molecule has 1 aliphatic rings. The summed E-state index contributed by atoms with van der Waals surface area (Å²) in [4.78, 5) is 25.1. The maximum absolute atomic E-state index is 12.8. The van der Waals surface area contributed by atoms with Gasteiger partial charge in [-0.05, 0) is 23.6 Å². The van der Waals surface area contributed by atoms with Crippen LogP contribution < -0.4 is 5.32 Å². The summed E-state index contributed by atoms with van der Waals surface area (Å²) in [5.41, 5.74) is 1.77. The van der Waals surface area contributed by atoms with Crippen molar-refractivity contribution in [1.82, 2.24) is 10.2 Å². The Bertz CT molecular complexity index is 816. The first-order valence-electron chi connectivity index (χ1n) is 8.54. The summed E-state index contributed by atoms with van der Waals surface area (Å²) < 4.78 is 0. The number of non-ortho nitro benzene ring substituents is 1. The lowest BCUT2D eigenvalue weighted by atomic mass is 10.0. The van der Waals surface area contributed by atoms with Crippen LogP contribution in [0, 0.1) is 10.1 Å². The lowest BCUT2D eigenvalue weighted by Gasteiger charge is -2.37. The van der Waals surface area contributed by atoms with Crippen molar-refractivity contribution in [2.24, 2.45) is 0 Å². The van der Waals surface area contributed by atoms with Crippen LogP contribution in [0.2, 0.25) is 5.02 Å². The summed E-state index contributed by atoms with van der Waals surface area (Å²) in [5, 5.41) is 14.8. The molecule has 8 heteroatoms. The summed E-state index contributed by atoms with van der Waals surface area (Å²) in [6.07, 6.45) is 0.780. The number of rotatable bonds is 5. The van der Waals surface area contributed by atoms with Crippen molar-refractivity contribution in [3.05, 3.63) is 74.8 Å². The Kier molecular flexibility index (Phi) is 7.59. The Balaban J connectivity index is 0.00000261. The van der Waals surface area contributed by atoms with Gasteiger partial charge in [0.1, 0.15) is 0 Å². The SMILES string of the molecule is Cl.O=C(CCc1cccc([N+](=O)[O-])c1)N1CCNCC1c1ccccc1Cl. The molecule has 1 amide bonds. The van der Waals surface area contributed by atoms with Crippen molar-refractivity contribution < 1.29 is 9.72 Å². The highest BCUT2D eigenvalue weighted by atomic mass is 35.5. The first-order chi connectivity index (χ1) is 12.6. The van der Waals surface area contributed by atoms with Crippen LogP contribution in [-0.2, 0) is 11.2 Å². The monoisotopic (exact) mass is 409 g/mol. The summed E-state index contributed by atoms with van der Waals surface area (Å²) in [5.74, 6) is 0.0305. The van der Waals surface area contributed by atoms with Gasteiger partial charge in [0.05, 0.1) is 11.0 Å². The van der Waals surface area contributed by atoms with Gasteiger partial charge in [-0.25, -0.2) is 0 Å². The number of carbonyl (C=O) groups excluding carboxylic acids is 1. The summed E-state index contributed by atoms with van der Waals surface area (Å²) in [6.45, 7) is 2.01. The third-order valence-corrected chi connectivity index (χ3v) is 4.92. The standard InChI is InChI=1S/C19H20ClN3O3.ClH/c20-17-7-2-1-6-16(17)18-13-21-10-11-22(18)19(24)9-8-14-4-3-5-15(12-14)23(25)26;/h1-7,12,18,21H,8-11,13H2;1H. The van der Waals surface area contributed by atoms with Gasteiger partial charge in [0.15, 0.2) is 0 Å². The molecule has 1 unspecified atom stereocenters. The van der Waals surface area contributed by atoms with Crippen molar-refractivity contribution in [2.75, 3.05) is 19.6 Å². The average molecular weight is 410 g/mol. The van der Waals surface area contributed by atoms with Gasteiger partial charge in [-0.2, -0.15) is 0 Å². The Hall–Kier alpha value is -2.15. The van der Waals surface area contributed by atoms with Crippen LogP contribution in [0.5, 0.6) is 0 Å². The lowest BCUT2D eigenvalue weighted by molar-refractivity contribution is -0.384. The second-order valence-electron chi connectivity index (χ2n) is 6.26. The number of nitrogens with one attached hydrogen (secondary N) is 1. The molecule has 1 N–H and O–H groups in total. The first-order valence-corrected chi connectivity index (χ1v) is 8.92. The van der Waals surface area contributed by atoms with E-state index >= 15 is 0 Å². The van der Waals surface area contributed by atoms with Gasteiger partial charge in [-0.1, -0.05) is 41.9 Å². The van der Waals surface area contributed by atoms with Crippen LogP contribution in [0.3, 0.4) is 0 Å². The molecule has 6 nitrogen and oxygen atoms in total. The summed E-state index contributed by atoms with van der Waals surface area (Å²) >= 11 is 6.32. The fourth-order valence-electron chi connectivity index (χ4n) is 3.25. The highest BCUT2D eigenvalue weighted by molar-refractivity contribution is 6.31. The Morgan fingerprint density at radius 1 is 1.26 bits per heavy atom. The van der Waals surface area contributed by atoms with Gasteiger partial charge in [0, 0.05) is 43.2 Å². The molecule has 0 spiro atoms. The molecular weight excluding hydrogens is 389 g/mol. The highest BCUT2D eigenvalue weighted by Crippen LogP contribution is 2.29. The molecule has 1 aliphatic heterocycles. The van der Waals surface area contributed by atoms with Crippen LogP contribution in [0.25, 0.3) is 0 Å². The number of carbonyl (C=O) groups is 1. The summed E-state index contributed by atoms with van der Waals surface area (Å²) in [7, 11) is 0. The molecule has 0 aliphatic carbocycles. The number of nitro groups is 1. The summed E-state index contributed by atoms with van der Waals surface area (Å²) in [6, 6.07) is 13.9. The molecule has 1 saturated heterocycles. The van der Waals surface area contributed by atoms with Gasteiger partial charge in [-0.15, -0.1) is 12.4 Å². The third-order valence-electron chi connectivity index (χ3n) is 4.58. The molecule has 0 bridgehead atoms. The normalized spacial score (nSPS) is 16.5. The zero-order chi connectivity index (χ0) is 18.5. The molecular formula is C19H21Cl2N3O3. The molecule has 2 aromatic rings. The maximum Gasteiger partial charge on any atom is 0.269 e. The molecule has 1 fully saturated rings. The fourth-order valence-corrected chi connectivity index (χ4v) is 3.51. The van der Waals surface area contributed by atoms with E-state index in [0.717, 1.165) is 17.7 Å². The van der Waals surface area contributed by atoms with Crippen molar-refractivity contribution >= 4 is 35.6 Å². The number of piperazine rings is 1. The van der Waals surface area contributed by atoms with Crippen LogP contribution in [0.1, 0.15) is 23.6 Å². The zero-order valence-electron chi connectivity index (χ0n) is 14.6. The smallest absolute Gasteiger partial charge is 0.269 e. The van der Waals surface area contributed by atoms with Gasteiger partial charge < -0.3 is 10.2 Å². The van der Waals surface area contributed by atoms with E-state index in [4.69, 9.17) is 11.6 Å². The third kappa shape index (κ3) is 5.19. The number of hydrogen-bond donors (Lipinski definition) is 1. The van der Waals surface area contributed by atoms with E-state index in [1.807, 2.05) is 35.2 Å². The molecule has 0 saturated carbocycles. The molecule has 0 aromatic heterocycles. The van der Waals surface area contributed by atoms with E-state index in [0.29, 0.717) is 31.0 Å². The second kappa shape index (κ2) is 9.69. The largest absolute Gasteiger partial charge is 0.333 e. The Morgan fingerprint density at radius 3 is 2.78 bits per heavy atom. The first kappa shape index (κ1) is 21.2. The van der Waals surface area contributed by atoms with E-state index in [1.165, 1.54) is 12.1 Å². The van der Waals surface area contributed by atoms with Crippen molar-refractivity contribution in [1.29, 1.82) is 0 Å². The van der Waals surface area contributed by atoms with Crippen molar-refractivity contribution in [2.45, 2.75) is 18.9 Å². The highest BCUT2D eigenvalue weighted by Gasteiger charge is 2.28. The van der Waals surface area contributed by atoms with Crippen LogP contribution >= 0.6 is 24.0 Å². The van der Waals surface area contributed by atoms with Crippen molar-refractivity contribution in [3.8, 4) is 0 Å². The van der Waals surface area contributed by atoms with E-state index in [9.17, 15) is 14.9 Å². The minimum absolute atomic E-state index is 0. The van der Waals surface area contributed by atoms with E-state index in [2.05, 4.69) is 5.32 Å². The zero-order valence-corrected chi connectivity index (χ0v) is 16.2. The van der Waals surface area contributed by atoms with E-state index < -0.39 is 4.92 Å². The topological polar surface area (TPSA) is 75.5 Å². The van der Waals surface area contributed by atoms with Crippen molar-refractivity contribution in [3.63, 3.8) is 0 Å². The molecule has 1 atom stereocenters. The number of hydrogen-bond acceptors (Lipinski definition) is 4. The number of amides is 1. The van der Waals surface area contributed by atoms with E-state index in [-0.39, 0.29) is 30.0 Å². The number of benzene rings is 2. The van der Waals surface area contributed by atoms with Gasteiger partial charge in [0.2, 0.25) is 5.91 Å². The minimum atomic E-state index is -0.422. The fraction of sp³-hybridized carbons (Fsp3) is 0.316. The number of aryl methyl sites for hydroxylation is 1. The molecule has 1 heterocycles. The predicted octanol–water partition coefficient (Wildman–Crippen LogP) is 3.78. The van der Waals surface area contributed by atoms with Crippen LogP contribution in [0.15, 0.2) is 48.5 Å². The molecule has 3 rings (SSSR count). The second-order valence-corrected chi connectivity index (χ2v) is 6.66. The average Bonchev–Trinajstić information content (AvgIpc) is 2.67. The number of nitrogens with zero attached hydrogens (tertiary/aromatic N) is 2. The van der Waals surface area contributed by atoms with Gasteiger partial charge >= 0.3 is 0 Å². The van der Waals surface area contributed by atoms with Crippen LogP contribution in [0.4, 0.5) is 5.69 Å². The number of nitro benzene ring substituents is 1. The van der Waals surface area contributed by atoms with Crippen LogP contribution in [-0.4, -0.2) is 35.4 Å². The van der Waals surface area contributed by atoms with E-state index in [1.54, 1.807) is 6.07 Å². The molecule has 144 valence electrons. The minimum Gasteiger partial charge on any atom is -0.333 e.